The first-order valence-corrected chi connectivity index (χ1v) is 5.64. The van der Waals surface area contributed by atoms with E-state index in [9.17, 15) is 0 Å². The van der Waals surface area contributed by atoms with Crippen molar-refractivity contribution in [1.82, 2.24) is 4.57 Å². The second-order valence-corrected chi connectivity index (χ2v) is 4.55. The normalized spacial score (nSPS) is 17.1. The lowest BCUT2D eigenvalue weighted by Gasteiger charge is -2.08. The smallest absolute Gasteiger partial charge is 0.0441 e. The molecule has 1 aromatic heterocycles. The zero-order chi connectivity index (χ0) is 11.0. The van der Waals surface area contributed by atoms with Crippen molar-refractivity contribution >= 4 is 18.2 Å². The highest BCUT2D eigenvalue weighted by Gasteiger charge is 2.22. The molecule has 2 rings (SSSR count). The van der Waals surface area contributed by atoms with Crippen molar-refractivity contribution in [2.24, 2.45) is 5.92 Å². The highest BCUT2D eigenvalue weighted by molar-refractivity contribution is 5.59. The summed E-state index contributed by atoms with van der Waals surface area (Å²) in [6.45, 7) is 13.5. The maximum atomic E-state index is 4.17. The van der Waals surface area contributed by atoms with Crippen LogP contribution in [0.5, 0.6) is 0 Å². The molecule has 0 unspecified atom stereocenters. The van der Waals surface area contributed by atoms with Gasteiger partial charge in [-0.1, -0.05) is 19.2 Å². The summed E-state index contributed by atoms with van der Waals surface area (Å²) in [5.41, 5.74) is 2.38. The number of allylic oxidation sites excluding steroid dienone is 1. The molecule has 1 heterocycles. The molecule has 0 radical (unpaired) electrons. The van der Waals surface area contributed by atoms with E-state index < -0.39 is 0 Å². The van der Waals surface area contributed by atoms with Crippen molar-refractivity contribution in [3.8, 4) is 0 Å². The Balaban J connectivity index is 2.52. The summed E-state index contributed by atoms with van der Waals surface area (Å²) >= 11 is 0. The van der Waals surface area contributed by atoms with E-state index in [2.05, 4.69) is 43.7 Å². The van der Waals surface area contributed by atoms with Gasteiger partial charge in [0.2, 0.25) is 0 Å². The molecule has 80 valence electrons. The molecule has 1 aliphatic carbocycles. The fourth-order valence-electron chi connectivity index (χ4n) is 1.98. The Labute approximate surface area is 91.4 Å². The number of rotatable bonds is 3. The number of hydrogen-bond acceptors (Lipinski definition) is 0. The van der Waals surface area contributed by atoms with Gasteiger partial charge >= 0.3 is 0 Å². The standard InChI is InChI=1S/C14H19N/c1-5-13-8-14(10(2)3)15(11(13)4)9-12-6-7-12/h5,8,12H,2,4,6-7,9H2,1,3H3/b13-5-. The fourth-order valence-corrected chi connectivity index (χ4v) is 1.98. The minimum Gasteiger partial charge on any atom is -0.341 e. The minimum atomic E-state index is 0.876. The zero-order valence-electron chi connectivity index (χ0n) is 9.71. The van der Waals surface area contributed by atoms with Crippen LogP contribution in [0, 0.1) is 5.92 Å². The molecule has 1 heteroatoms. The Bertz CT molecular complexity index is 486. The van der Waals surface area contributed by atoms with Crippen LogP contribution in [0.1, 0.15) is 32.4 Å². The van der Waals surface area contributed by atoms with E-state index >= 15 is 0 Å². The quantitative estimate of drug-likeness (QED) is 0.706. The first-order chi connectivity index (χ1) is 7.13. The molecule has 1 aliphatic rings. The maximum Gasteiger partial charge on any atom is 0.0441 e. The molecule has 0 aromatic carbocycles. The zero-order valence-corrected chi connectivity index (χ0v) is 9.71. The molecule has 0 saturated heterocycles. The molecule has 0 N–H and O–H groups in total. The molecule has 1 fully saturated rings. The van der Waals surface area contributed by atoms with Gasteiger partial charge < -0.3 is 4.57 Å². The van der Waals surface area contributed by atoms with Crippen molar-refractivity contribution in [2.75, 3.05) is 0 Å². The Morgan fingerprint density at radius 3 is 2.73 bits per heavy atom. The van der Waals surface area contributed by atoms with Gasteiger partial charge in [0.05, 0.1) is 0 Å². The summed E-state index contributed by atoms with van der Waals surface area (Å²) in [6, 6.07) is 2.20. The van der Waals surface area contributed by atoms with Crippen LogP contribution in [0.25, 0.3) is 18.2 Å². The van der Waals surface area contributed by atoms with Gasteiger partial charge in [0.25, 0.3) is 0 Å². The Hall–Kier alpha value is -1.24. The van der Waals surface area contributed by atoms with E-state index in [0.717, 1.165) is 23.4 Å². The van der Waals surface area contributed by atoms with Crippen LogP contribution in [0.2, 0.25) is 0 Å². The Morgan fingerprint density at radius 2 is 2.27 bits per heavy atom. The summed E-state index contributed by atoms with van der Waals surface area (Å²) in [5.74, 6) is 0.876. The molecule has 0 aliphatic heterocycles. The first-order valence-electron chi connectivity index (χ1n) is 5.64. The third kappa shape index (κ3) is 1.92. The van der Waals surface area contributed by atoms with Gasteiger partial charge in [-0.2, -0.15) is 0 Å². The summed E-state index contributed by atoms with van der Waals surface area (Å²) in [5, 5.41) is 2.39. The lowest BCUT2D eigenvalue weighted by molar-refractivity contribution is 0.611. The highest BCUT2D eigenvalue weighted by atomic mass is 15.0. The van der Waals surface area contributed by atoms with Crippen LogP contribution in [0.4, 0.5) is 0 Å². The number of aromatic nitrogens is 1. The minimum absolute atomic E-state index is 0.876. The lowest BCUT2D eigenvalue weighted by atomic mass is 10.2. The van der Waals surface area contributed by atoms with Gasteiger partial charge in [-0.15, -0.1) is 0 Å². The topological polar surface area (TPSA) is 4.93 Å². The molecule has 1 saturated carbocycles. The molecule has 15 heavy (non-hydrogen) atoms. The van der Waals surface area contributed by atoms with E-state index in [1.165, 1.54) is 23.8 Å². The van der Waals surface area contributed by atoms with E-state index in [1.54, 1.807) is 0 Å². The molecular formula is C14H19N. The van der Waals surface area contributed by atoms with Gasteiger partial charge in [0.1, 0.15) is 0 Å². The molecule has 0 bridgehead atoms. The van der Waals surface area contributed by atoms with Crippen molar-refractivity contribution < 1.29 is 0 Å². The average Bonchev–Trinajstić information content (AvgIpc) is 2.94. The van der Waals surface area contributed by atoms with Gasteiger partial charge in [-0.3, -0.25) is 0 Å². The second kappa shape index (κ2) is 3.73. The average molecular weight is 201 g/mol. The third-order valence-electron chi connectivity index (χ3n) is 3.13. The van der Waals surface area contributed by atoms with Crippen LogP contribution in [0.15, 0.2) is 12.6 Å². The molecule has 0 atom stereocenters. The first kappa shape index (κ1) is 10.3. The monoisotopic (exact) mass is 201 g/mol. The van der Waals surface area contributed by atoms with E-state index in [4.69, 9.17) is 0 Å². The number of hydrogen-bond donors (Lipinski definition) is 0. The van der Waals surface area contributed by atoms with Gasteiger partial charge in [0.15, 0.2) is 0 Å². The van der Waals surface area contributed by atoms with Crippen LogP contribution in [-0.4, -0.2) is 4.57 Å². The fraction of sp³-hybridized carbons (Fsp3) is 0.429. The van der Waals surface area contributed by atoms with Crippen molar-refractivity contribution in [3.05, 3.63) is 28.9 Å². The molecule has 1 aromatic rings. The van der Waals surface area contributed by atoms with Gasteiger partial charge in [-0.25, -0.2) is 0 Å². The van der Waals surface area contributed by atoms with Crippen LogP contribution in [0.3, 0.4) is 0 Å². The van der Waals surface area contributed by atoms with Crippen molar-refractivity contribution in [1.29, 1.82) is 0 Å². The largest absolute Gasteiger partial charge is 0.341 e. The Morgan fingerprint density at radius 1 is 1.60 bits per heavy atom. The van der Waals surface area contributed by atoms with Gasteiger partial charge in [-0.05, 0) is 49.5 Å². The molecule has 0 spiro atoms. The van der Waals surface area contributed by atoms with Crippen LogP contribution >= 0.6 is 0 Å². The van der Waals surface area contributed by atoms with E-state index in [0.29, 0.717) is 0 Å². The summed E-state index contributed by atoms with van der Waals surface area (Å²) in [7, 11) is 0. The van der Waals surface area contributed by atoms with Crippen LogP contribution < -0.4 is 10.6 Å². The summed E-state index contributed by atoms with van der Waals surface area (Å²) in [4.78, 5) is 0. The van der Waals surface area contributed by atoms with Crippen molar-refractivity contribution in [2.45, 2.75) is 33.2 Å². The predicted octanol–water partition coefficient (Wildman–Crippen LogP) is 2.14. The summed E-state index contributed by atoms with van der Waals surface area (Å²) in [6.07, 6.45) is 4.87. The Kier molecular flexibility index (Phi) is 2.56. The van der Waals surface area contributed by atoms with Crippen molar-refractivity contribution in [3.63, 3.8) is 0 Å². The molecule has 1 nitrogen and oxygen atoms in total. The van der Waals surface area contributed by atoms with E-state index in [1.807, 2.05) is 0 Å². The van der Waals surface area contributed by atoms with E-state index in [-0.39, 0.29) is 0 Å². The maximum absolute atomic E-state index is 4.17. The SMILES string of the molecule is C=C(C)c1c/c(=C/C)c(=C)n1CC1CC1. The lowest BCUT2D eigenvalue weighted by Crippen LogP contribution is -2.28. The summed E-state index contributed by atoms with van der Waals surface area (Å²) < 4.78 is 2.33. The third-order valence-corrected chi connectivity index (χ3v) is 3.13. The predicted molar refractivity (Wildman–Crippen MR) is 66.8 cm³/mol. The second-order valence-electron chi connectivity index (χ2n) is 4.55. The van der Waals surface area contributed by atoms with Gasteiger partial charge in [0, 0.05) is 17.6 Å². The van der Waals surface area contributed by atoms with Crippen LogP contribution in [-0.2, 0) is 6.54 Å². The number of nitrogens with zero attached hydrogens (tertiary/aromatic N) is 1. The molecule has 0 amide bonds. The molecular weight excluding hydrogens is 182 g/mol. The highest BCUT2D eigenvalue weighted by Crippen LogP contribution is 2.30.